The summed E-state index contributed by atoms with van der Waals surface area (Å²) >= 11 is 0. The second-order valence-corrected chi connectivity index (χ2v) is 6.42. The van der Waals surface area contributed by atoms with Gasteiger partial charge in [-0.05, 0) is 6.92 Å². The molecule has 0 bridgehead atoms. The minimum Gasteiger partial charge on any atom is -0.376 e. The number of nitrogens with one attached hydrogen (secondary N) is 2. The van der Waals surface area contributed by atoms with Crippen molar-refractivity contribution in [3.63, 3.8) is 0 Å². The van der Waals surface area contributed by atoms with Crippen LogP contribution in [0, 0.1) is 6.92 Å². The molecular formula is C19H21N5O2. The van der Waals surface area contributed by atoms with Crippen molar-refractivity contribution >= 4 is 5.91 Å². The molecule has 0 aliphatic carbocycles. The van der Waals surface area contributed by atoms with E-state index in [2.05, 4.69) is 20.6 Å². The smallest absolute Gasteiger partial charge is 0.269 e. The summed E-state index contributed by atoms with van der Waals surface area (Å²) in [6.45, 7) is 3.53. The van der Waals surface area contributed by atoms with E-state index in [-0.39, 0.29) is 5.91 Å². The van der Waals surface area contributed by atoms with Crippen LogP contribution in [0.25, 0.3) is 11.3 Å². The molecule has 0 unspecified atom stereocenters. The van der Waals surface area contributed by atoms with Gasteiger partial charge in [-0.3, -0.25) is 14.6 Å². The number of H-pyrrole nitrogens is 1. The molecule has 1 aliphatic heterocycles. The third-order valence-electron chi connectivity index (χ3n) is 4.79. The lowest BCUT2D eigenvalue weighted by Crippen LogP contribution is -2.25. The number of hydrogen-bond donors (Lipinski definition) is 2. The number of aromatic nitrogens is 4. The van der Waals surface area contributed by atoms with Crippen LogP contribution in [0.5, 0.6) is 0 Å². The van der Waals surface area contributed by atoms with Crippen LogP contribution in [-0.4, -0.2) is 32.5 Å². The van der Waals surface area contributed by atoms with Crippen molar-refractivity contribution in [2.45, 2.75) is 26.5 Å². The van der Waals surface area contributed by atoms with Crippen LogP contribution in [0.1, 0.15) is 33.0 Å². The fourth-order valence-corrected chi connectivity index (χ4v) is 3.38. The van der Waals surface area contributed by atoms with Crippen molar-refractivity contribution in [2.24, 2.45) is 7.05 Å². The number of amides is 1. The van der Waals surface area contributed by atoms with E-state index in [0.29, 0.717) is 25.5 Å². The molecule has 4 rings (SSSR count). The van der Waals surface area contributed by atoms with Crippen molar-refractivity contribution in [1.82, 2.24) is 25.3 Å². The number of aryl methyl sites for hydroxylation is 1. The quantitative estimate of drug-likeness (QED) is 0.754. The highest BCUT2D eigenvalue weighted by atomic mass is 16.5. The van der Waals surface area contributed by atoms with Crippen molar-refractivity contribution in [2.75, 3.05) is 6.61 Å². The highest BCUT2D eigenvalue weighted by molar-refractivity contribution is 5.95. The number of carbonyl (C=O) groups excluding carboxylic acids is 1. The van der Waals surface area contributed by atoms with Crippen molar-refractivity contribution in [3.05, 3.63) is 58.5 Å². The molecule has 0 fully saturated rings. The van der Waals surface area contributed by atoms with Gasteiger partial charge in [0.05, 0.1) is 31.1 Å². The first-order chi connectivity index (χ1) is 12.6. The predicted octanol–water partition coefficient (Wildman–Crippen LogP) is 2.12. The first-order valence-electron chi connectivity index (χ1n) is 8.65. The largest absolute Gasteiger partial charge is 0.376 e. The van der Waals surface area contributed by atoms with E-state index >= 15 is 0 Å². The molecular weight excluding hydrogens is 330 g/mol. The molecule has 7 nitrogen and oxygen atoms in total. The van der Waals surface area contributed by atoms with Crippen molar-refractivity contribution in [1.29, 1.82) is 0 Å². The number of nitrogens with zero attached hydrogens (tertiary/aromatic N) is 3. The molecule has 2 N–H and O–H groups in total. The second kappa shape index (κ2) is 6.76. The topological polar surface area (TPSA) is 84.8 Å². The number of hydrogen-bond acceptors (Lipinski definition) is 4. The van der Waals surface area contributed by atoms with E-state index in [1.165, 1.54) is 5.69 Å². The summed E-state index contributed by atoms with van der Waals surface area (Å²) in [5.74, 6) is -0.187. The molecule has 0 radical (unpaired) electrons. The minimum atomic E-state index is -0.187. The average Bonchev–Trinajstić information content (AvgIpc) is 3.21. The number of carbonyl (C=O) groups is 1. The summed E-state index contributed by atoms with van der Waals surface area (Å²) in [6.07, 6.45) is 0.854. The minimum absolute atomic E-state index is 0.187. The van der Waals surface area contributed by atoms with Crippen LogP contribution >= 0.6 is 0 Å². The molecule has 0 atom stereocenters. The third kappa shape index (κ3) is 2.90. The number of benzene rings is 1. The fraction of sp³-hybridized carbons (Fsp3) is 0.316. The number of fused-ring (bicyclic) bond motifs is 1. The molecule has 7 heteroatoms. The van der Waals surface area contributed by atoms with Gasteiger partial charge in [-0.15, -0.1) is 0 Å². The molecule has 0 saturated carbocycles. The molecule has 26 heavy (non-hydrogen) atoms. The molecule has 0 saturated heterocycles. The van der Waals surface area contributed by atoms with E-state index < -0.39 is 0 Å². The average molecular weight is 351 g/mol. The standard InChI is InChI=1S/C19H21N5O2/c1-12-17(13-6-4-3-5-7-13)21-22-18(12)19(25)20-10-15-14-11-26-9-8-16(14)24(2)23-15/h3-7H,8-11H2,1-2H3,(H,20,25)(H,21,22). The van der Waals surface area contributed by atoms with Gasteiger partial charge in [-0.2, -0.15) is 10.2 Å². The SMILES string of the molecule is Cc1c(-c2ccccc2)n[nH]c1C(=O)NCc1nn(C)c2c1COCC2. The first kappa shape index (κ1) is 16.5. The van der Waals surface area contributed by atoms with Gasteiger partial charge in [0.15, 0.2) is 0 Å². The number of ether oxygens (including phenoxy) is 1. The Kier molecular flexibility index (Phi) is 4.30. The maximum absolute atomic E-state index is 12.6. The van der Waals surface area contributed by atoms with Crippen LogP contribution in [0.3, 0.4) is 0 Å². The van der Waals surface area contributed by atoms with Gasteiger partial charge >= 0.3 is 0 Å². The predicted molar refractivity (Wildman–Crippen MR) is 96.5 cm³/mol. The van der Waals surface area contributed by atoms with E-state index in [1.54, 1.807) is 0 Å². The zero-order valence-electron chi connectivity index (χ0n) is 14.9. The summed E-state index contributed by atoms with van der Waals surface area (Å²) in [6, 6.07) is 9.82. The van der Waals surface area contributed by atoms with Gasteiger partial charge in [0.25, 0.3) is 5.91 Å². The van der Waals surface area contributed by atoms with Gasteiger partial charge in [0.2, 0.25) is 0 Å². The summed E-state index contributed by atoms with van der Waals surface area (Å²) in [7, 11) is 1.93. The lowest BCUT2D eigenvalue weighted by atomic mass is 10.1. The summed E-state index contributed by atoms with van der Waals surface area (Å²) < 4.78 is 7.41. The van der Waals surface area contributed by atoms with Crippen LogP contribution in [0.4, 0.5) is 0 Å². The van der Waals surface area contributed by atoms with E-state index in [1.807, 2.05) is 49.0 Å². The molecule has 3 aromatic rings. The highest BCUT2D eigenvalue weighted by Gasteiger charge is 2.21. The molecule has 1 amide bonds. The molecule has 1 aromatic carbocycles. The van der Waals surface area contributed by atoms with Gasteiger partial charge in [-0.25, -0.2) is 0 Å². The first-order valence-corrected chi connectivity index (χ1v) is 8.65. The molecule has 134 valence electrons. The van der Waals surface area contributed by atoms with Gasteiger partial charge in [0, 0.05) is 35.9 Å². The molecule has 3 heterocycles. The van der Waals surface area contributed by atoms with Gasteiger partial charge < -0.3 is 10.1 Å². The van der Waals surface area contributed by atoms with Crippen molar-refractivity contribution in [3.8, 4) is 11.3 Å². The zero-order chi connectivity index (χ0) is 18.1. The van der Waals surface area contributed by atoms with Crippen LogP contribution in [-0.2, 0) is 31.4 Å². The summed E-state index contributed by atoms with van der Waals surface area (Å²) in [5.41, 5.74) is 6.21. The Bertz CT molecular complexity index is 942. The van der Waals surface area contributed by atoms with E-state index in [4.69, 9.17) is 4.74 Å². The summed E-state index contributed by atoms with van der Waals surface area (Å²) in [4.78, 5) is 12.6. The zero-order valence-corrected chi connectivity index (χ0v) is 14.9. The Balaban J connectivity index is 1.51. The molecule has 0 spiro atoms. The lowest BCUT2D eigenvalue weighted by molar-refractivity contribution is 0.0942. The Morgan fingerprint density at radius 3 is 2.96 bits per heavy atom. The van der Waals surface area contributed by atoms with Crippen LogP contribution in [0.15, 0.2) is 30.3 Å². The summed E-state index contributed by atoms with van der Waals surface area (Å²) in [5, 5.41) is 14.6. The Morgan fingerprint density at radius 1 is 1.35 bits per heavy atom. The van der Waals surface area contributed by atoms with Crippen LogP contribution in [0.2, 0.25) is 0 Å². The third-order valence-corrected chi connectivity index (χ3v) is 4.79. The Labute approximate surface area is 151 Å². The fourth-order valence-electron chi connectivity index (χ4n) is 3.38. The second-order valence-electron chi connectivity index (χ2n) is 6.42. The highest BCUT2D eigenvalue weighted by Crippen LogP contribution is 2.23. The van der Waals surface area contributed by atoms with Crippen molar-refractivity contribution < 1.29 is 9.53 Å². The number of rotatable bonds is 4. The van der Waals surface area contributed by atoms with E-state index in [9.17, 15) is 4.79 Å². The Hall–Kier alpha value is -2.93. The molecule has 2 aromatic heterocycles. The normalized spacial score (nSPS) is 13.5. The molecule has 1 aliphatic rings. The number of aromatic amines is 1. The van der Waals surface area contributed by atoms with Gasteiger partial charge in [-0.1, -0.05) is 30.3 Å². The Morgan fingerprint density at radius 2 is 2.15 bits per heavy atom. The van der Waals surface area contributed by atoms with Crippen LogP contribution < -0.4 is 5.32 Å². The monoisotopic (exact) mass is 351 g/mol. The maximum Gasteiger partial charge on any atom is 0.269 e. The maximum atomic E-state index is 12.6. The lowest BCUT2D eigenvalue weighted by Gasteiger charge is -2.13. The van der Waals surface area contributed by atoms with Gasteiger partial charge in [0.1, 0.15) is 5.69 Å². The van der Waals surface area contributed by atoms with E-state index in [0.717, 1.165) is 34.5 Å².